The maximum absolute atomic E-state index is 12.0. The molecule has 7 heteroatoms. The van der Waals surface area contributed by atoms with Gasteiger partial charge >= 0.3 is 6.03 Å². The van der Waals surface area contributed by atoms with E-state index in [9.17, 15) is 9.59 Å². The molecule has 0 spiro atoms. The highest BCUT2D eigenvalue weighted by Gasteiger charge is 2.27. The van der Waals surface area contributed by atoms with Crippen molar-refractivity contribution in [2.24, 2.45) is 0 Å². The van der Waals surface area contributed by atoms with Gasteiger partial charge in [0.15, 0.2) is 0 Å². The van der Waals surface area contributed by atoms with Gasteiger partial charge in [-0.3, -0.25) is 4.79 Å². The summed E-state index contributed by atoms with van der Waals surface area (Å²) in [6.45, 7) is 2.48. The molecular formula is C12H13Cl2N3O2. The van der Waals surface area contributed by atoms with Crippen molar-refractivity contribution in [2.75, 3.05) is 26.2 Å². The van der Waals surface area contributed by atoms with Crippen LogP contribution in [0.4, 0.5) is 4.79 Å². The quantitative estimate of drug-likeness (QED) is 0.807. The molecule has 0 aliphatic carbocycles. The summed E-state index contributed by atoms with van der Waals surface area (Å²) in [4.78, 5) is 25.6. The van der Waals surface area contributed by atoms with E-state index in [0.29, 0.717) is 41.2 Å². The number of benzene rings is 1. The second-order valence-electron chi connectivity index (χ2n) is 4.11. The molecule has 1 heterocycles. The van der Waals surface area contributed by atoms with Crippen LogP contribution in [0.2, 0.25) is 5.02 Å². The van der Waals surface area contributed by atoms with Crippen LogP contribution in [0.15, 0.2) is 24.3 Å². The minimum atomic E-state index is -0.554. The molecule has 5 nitrogen and oxygen atoms in total. The largest absolute Gasteiger partial charge is 0.342 e. The summed E-state index contributed by atoms with van der Waals surface area (Å²) in [5.74, 6) is -0.554. The Bertz CT molecular complexity index is 472. The number of carbonyl (C=O) groups is 2. The number of amides is 3. The van der Waals surface area contributed by atoms with Crippen molar-refractivity contribution in [3.63, 3.8) is 0 Å². The maximum Gasteiger partial charge on any atom is 0.342 e. The fourth-order valence-electron chi connectivity index (χ4n) is 1.77. The molecule has 0 atom stereocenters. The lowest BCUT2D eigenvalue weighted by Crippen LogP contribution is -2.50. The maximum atomic E-state index is 12.0. The van der Waals surface area contributed by atoms with Gasteiger partial charge in [0, 0.05) is 48.5 Å². The number of rotatable bonds is 1. The van der Waals surface area contributed by atoms with Crippen LogP contribution in [0, 0.1) is 0 Å². The summed E-state index contributed by atoms with van der Waals surface area (Å²) in [7, 11) is 0. The molecule has 0 bridgehead atoms. The van der Waals surface area contributed by atoms with E-state index < -0.39 is 11.9 Å². The van der Waals surface area contributed by atoms with Gasteiger partial charge < -0.3 is 10.2 Å². The molecule has 1 aliphatic heterocycles. The zero-order valence-electron chi connectivity index (χ0n) is 10.1. The molecule has 102 valence electrons. The summed E-state index contributed by atoms with van der Waals surface area (Å²) in [5.41, 5.74) is 0.322. The van der Waals surface area contributed by atoms with Gasteiger partial charge in [0.25, 0.3) is 5.91 Å². The Balaban J connectivity index is 2.05. The van der Waals surface area contributed by atoms with E-state index in [2.05, 4.69) is 5.32 Å². The Kier molecular flexibility index (Phi) is 4.63. The lowest BCUT2D eigenvalue weighted by molar-refractivity contribution is 0.0857. The molecule has 1 aromatic carbocycles. The predicted octanol–water partition coefficient (Wildman–Crippen LogP) is 1.96. The van der Waals surface area contributed by atoms with Gasteiger partial charge in [-0.15, -0.1) is 0 Å². The normalized spacial score (nSPS) is 15.2. The third-order valence-electron chi connectivity index (χ3n) is 2.82. The minimum absolute atomic E-state index is 0.322. The topological polar surface area (TPSA) is 52.7 Å². The standard InChI is InChI=1S/C12H13Cl2N3O2/c13-10-3-1-9(2-4-10)11(18)17(14)12(19)16-7-5-15-6-8-16/h1-4,15H,5-8H2. The lowest BCUT2D eigenvalue weighted by Gasteiger charge is -2.29. The second kappa shape index (κ2) is 6.23. The van der Waals surface area contributed by atoms with E-state index in [4.69, 9.17) is 23.4 Å². The van der Waals surface area contributed by atoms with Gasteiger partial charge in [0.2, 0.25) is 0 Å². The van der Waals surface area contributed by atoms with Gasteiger partial charge in [-0.2, -0.15) is 4.42 Å². The molecule has 0 aromatic heterocycles. The van der Waals surface area contributed by atoms with Crippen LogP contribution in [0.5, 0.6) is 0 Å². The highest BCUT2D eigenvalue weighted by atomic mass is 35.5. The minimum Gasteiger partial charge on any atom is -0.321 e. The predicted molar refractivity (Wildman–Crippen MR) is 73.3 cm³/mol. The van der Waals surface area contributed by atoms with E-state index in [1.807, 2.05) is 0 Å². The summed E-state index contributed by atoms with van der Waals surface area (Å²) in [5, 5.41) is 3.64. The van der Waals surface area contributed by atoms with Crippen LogP contribution < -0.4 is 5.32 Å². The van der Waals surface area contributed by atoms with Crippen molar-refractivity contribution >= 4 is 35.3 Å². The van der Waals surface area contributed by atoms with Crippen molar-refractivity contribution in [3.05, 3.63) is 34.9 Å². The number of urea groups is 1. The highest BCUT2D eigenvalue weighted by Crippen LogP contribution is 2.14. The molecule has 3 amide bonds. The van der Waals surface area contributed by atoms with Crippen LogP contribution in [0.25, 0.3) is 0 Å². The van der Waals surface area contributed by atoms with Crippen LogP contribution in [-0.4, -0.2) is 47.4 Å². The molecule has 19 heavy (non-hydrogen) atoms. The Morgan fingerprint density at radius 2 is 1.74 bits per heavy atom. The molecule has 0 radical (unpaired) electrons. The SMILES string of the molecule is O=C(c1ccc(Cl)cc1)N(Cl)C(=O)N1CCNCC1. The average Bonchev–Trinajstić information content (AvgIpc) is 2.46. The summed E-state index contributed by atoms with van der Waals surface area (Å²) >= 11 is 11.6. The molecule has 1 aliphatic rings. The number of hydrogen-bond acceptors (Lipinski definition) is 3. The summed E-state index contributed by atoms with van der Waals surface area (Å²) in [6.07, 6.45) is 0. The zero-order chi connectivity index (χ0) is 13.8. The molecule has 1 aromatic rings. The van der Waals surface area contributed by atoms with Crippen LogP contribution in [0.1, 0.15) is 10.4 Å². The van der Waals surface area contributed by atoms with Gasteiger partial charge in [-0.1, -0.05) is 11.6 Å². The van der Waals surface area contributed by atoms with E-state index in [-0.39, 0.29) is 0 Å². The number of nitrogens with zero attached hydrogens (tertiary/aromatic N) is 2. The monoisotopic (exact) mass is 301 g/mol. The Labute approximate surface area is 121 Å². The number of nitrogens with one attached hydrogen (secondary N) is 1. The second-order valence-corrected chi connectivity index (χ2v) is 4.89. The number of carbonyl (C=O) groups excluding carboxylic acids is 2. The molecule has 0 saturated carbocycles. The van der Waals surface area contributed by atoms with Crippen molar-refractivity contribution in [2.45, 2.75) is 0 Å². The first-order chi connectivity index (χ1) is 9.09. The molecule has 1 fully saturated rings. The van der Waals surface area contributed by atoms with E-state index in [1.54, 1.807) is 12.1 Å². The Morgan fingerprint density at radius 3 is 2.32 bits per heavy atom. The van der Waals surface area contributed by atoms with E-state index >= 15 is 0 Å². The Hall–Kier alpha value is -1.30. The fourth-order valence-corrected chi connectivity index (χ4v) is 2.10. The number of hydrogen-bond donors (Lipinski definition) is 1. The highest BCUT2D eigenvalue weighted by molar-refractivity contribution is 6.32. The molecular weight excluding hydrogens is 289 g/mol. The number of halogens is 2. The lowest BCUT2D eigenvalue weighted by atomic mass is 10.2. The van der Waals surface area contributed by atoms with Gasteiger partial charge in [0.05, 0.1) is 0 Å². The van der Waals surface area contributed by atoms with Crippen LogP contribution in [0.3, 0.4) is 0 Å². The number of piperazine rings is 1. The van der Waals surface area contributed by atoms with Gasteiger partial charge in [-0.25, -0.2) is 4.79 Å². The van der Waals surface area contributed by atoms with Crippen molar-refractivity contribution in [3.8, 4) is 0 Å². The average molecular weight is 302 g/mol. The van der Waals surface area contributed by atoms with Gasteiger partial charge in [-0.05, 0) is 24.3 Å². The number of imide groups is 1. The molecule has 1 saturated heterocycles. The van der Waals surface area contributed by atoms with Gasteiger partial charge in [0.1, 0.15) is 0 Å². The molecule has 1 N–H and O–H groups in total. The first-order valence-corrected chi connectivity index (χ1v) is 6.56. The third kappa shape index (κ3) is 3.37. The zero-order valence-corrected chi connectivity index (χ0v) is 11.6. The molecule has 2 rings (SSSR count). The van der Waals surface area contributed by atoms with Crippen LogP contribution >= 0.6 is 23.4 Å². The van der Waals surface area contributed by atoms with Crippen molar-refractivity contribution in [1.29, 1.82) is 0 Å². The third-order valence-corrected chi connectivity index (χ3v) is 3.38. The van der Waals surface area contributed by atoms with E-state index in [0.717, 1.165) is 0 Å². The first kappa shape index (κ1) is 14.1. The van der Waals surface area contributed by atoms with Crippen molar-refractivity contribution in [1.82, 2.24) is 14.6 Å². The van der Waals surface area contributed by atoms with Crippen LogP contribution in [-0.2, 0) is 0 Å². The summed E-state index contributed by atoms with van der Waals surface area (Å²) in [6, 6.07) is 5.72. The molecule has 0 unspecified atom stereocenters. The van der Waals surface area contributed by atoms with Crippen molar-refractivity contribution < 1.29 is 9.59 Å². The summed E-state index contributed by atoms with van der Waals surface area (Å²) < 4.78 is 0.620. The van der Waals surface area contributed by atoms with E-state index in [1.165, 1.54) is 17.0 Å². The first-order valence-electron chi connectivity index (χ1n) is 5.85. The smallest absolute Gasteiger partial charge is 0.321 e. The Morgan fingerprint density at radius 1 is 1.16 bits per heavy atom. The fraction of sp³-hybridized carbons (Fsp3) is 0.333.